The smallest absolute Gasteiger partial charge is 0.269 e. The Morgan fingerprint density at radius 3 is 2.88 bits per heavy atom. The van der Waals surface area contributed by atoms with Crippen LogP contribution < -0.4 is 9.64 Å². The summed E-state index contributed by atoms with van der Waals surface area (Å²) in [4.78, 5) is 12.2. The van der Waals surface area contributed by atoms with Crippen LogP contribution in [0.5, 0.6) is 5.75 Å². The Morgan fingerprint density at radius 2 is 2.17 bits per heavy atom. The lowest BCUT2D eigenvalue weighted by Gasteiger charge is -2.48. The van der Waals surface area contributed by atoms with Crippen LogP contribution in [-0.4, -0.2) is 17.7 Å². The van der Waals surface area contributed by atoms with E-state index in [4.69, 9.17) is 8.85 Å². The third-order valence-electron chi connectivity index (χ3n) is 5.19. The van der Waals surface area contributed by atoms with Gasteiger partial charge in [0.2, 0.25) is 0 Å². The molecular weight excluding hydrogens is 311 g/mol. The molecule has 2 aromatic rings. The van der Waals surface area contributed by atoms with Crippen LogP contribution in [0.1, 0.15) is 29.0 Å². The van der Waals surface area contributed by atoms with Gasteiger partial charge in [-0.3, -0.25) is 10.1 Å². The number of anilines is 1. The highest BCUT2D eigenvalue weighted by Crippen LogP contribution is 2.56. The Labute approximate surface area is 143 Å². The summed E-state index contributed by atoms with van der Waals surface area (Å²) in [6.07, 6.45) is 0.170. The van der Waals surface area contributed by atoms with E-state index >= 15 is 0 Å². The monoisotopic (exact) mass is 331 g/mol. The van der Waals surface area contributed by atoms with Gasteiger partial charge in [0.15, 0.2) is 5.72 Å². The molecule has 0 saturated heterocycles. The van der Waals surface area contributed by atoms with E-state index in [-0.39, 0.29) is 17.9 Å². The molecule has 0 spiro atoms. The lowest BCUT2D eigenvalue weighted by Crippen LogP contribution is -2.60. The van der Waals surface area contributed by atoms with Crippen molar-refractivity contribution in [3.8, 4) is 5.75 Å². The Bertz CT molecular complexity index is 981. The number of rotatable bonds is 1. The summed E-state index contributed by atoms with van der Waals surface area (Å²) in [6.45, 7) is -0.853. The van der Waals surface area contributed by atoms with Crippen molar-refractivity contribution < 1.29 is 18.2 Å². The summed E-state index contributed by atoms with van der Waals surface area (Å²) in [5, 5.41) is 11.1. The fourth-order valence-corrected chi connectivity index (χ4v) is 3.82. The minimum Gasteiger partial charge on any atom is -0.467 e. The fourth-order valence-electron chi connectivity index (χ4n) is 3.82. The highest BCUT2D eigenvalue weighted by molar-refractivity contribution is 5.67. The first kappa shape index (κ1) is 11.8. The van der Waals surface area contributed by atoms with E-state index in [0.717, 1.165) is 0 Å². The molecule has 0 bridgehead atoms. The van der Waals surface area contributed by atoms with Gasteiger partial charge in [-0.05, 0) is 50.0 Å². The molecule has 2 unspecified atom stereocenters. The fraction of sp³-hybridized carbons (Fsp3) is 0.333. The first-order valence-corrected chi connectivity index (χ1v) is 7.51. The predicted molar refractivity (Wildman–Crippen MR) is 88.0 cm³/mol. The number of nitrogens with zero attached hydrogens (tertiary/aromatic N) is 2. The van der Waals surface area contributed by atoms with E-state index in [2.05, 4.69) is 0 Å². The minimum absolute atomic E-state index is 0.104. The lowest BCUT2D eigenvalue weighted by molar-refractivity contribution is -0.385. The molecule has 2 aliphatic heterocycles. The summed E-state index contributed by atoms with van der Waals surface area (Å²) in [5.74, 6) is -0.191. The van der Waals surface area contributed by atoms with Crippen LogP contribution >= 0.6 is 0 Å². The third kappa shape index (κ3) is 1.68. The van der Waals surface area contributed by atoms with Crippen LogP contribution in [-0.2, 0) is 11.8 Å². The van der Waals surface area contributed by atoms with E-state index in [1.807, 2.05) is 0 Å². The lowest BCUT2D eigenvalue weighted by atomic mass is 9.70. The number of halogens is 1. The summed E-state index contributed by atoms with van der Waals surface area (Å²) in [7, 11) is 1.62. The van der Waals surface area contributed by atoms with Crippen molar-refractivity contribution in [1.29, 1.82) is 0 Å². The van der Waals surface area contributed by atoms with Gasteiger partial charge in [-0.25, -0.2) is 4.39 Å². The normalized spacial score (nSPS) is 29.5. The summed E-state index contributed by atoms with van der Waals surface area (Å²) >= 11 is 0. The third-order valence-corrected chi connectivity index (χ3v) is 5.19. The van der Waals surface area contributed by atoms with Gasteiger partial charge in [-0.2, -0.15) is 0 Å². The van der Waals surface area contributed by atoms with Crippen LogP contribution in [0.25, 0.3) is 0 Å². The molecule has 0 saturated carbocycles. The predicted octanol–water partition coefficient (Wildman–Crippen LogP) is 3.79. The zero-order chi connectivity index (χ0) is 19.8. The van der Waals surface area contributed by atoms with E-state index in [1.54, 1.807) is 18.9 Å². The molecule has 2 heterocycles. The molecule has 0 aliphatic carbocycles. The number of hydrogen-bond donors (Lipinski definition) is 0. The molecule has 6 heteroatoms. The largest absolute Gasteiger partial charge is 0.467 e. The molecular formula is C18H17FN2O3. The van der Waals surface area contributed by atoms with Gasteiger partial charge in [0.05, 0.1) is 10.3 Å². The number of non-ortho nitro benzene ring substituents is 1. The van der Waals surface area contributed by atoms with Gasteiger partial charge in [-0.1, -0.05) is 0 Å². The van der Waals surface area contributed by atoms with E-state index in [0.29, 0.717) is 16.8 Å². The molecule has 0 aromatic heterocycles. The zero-order valence-corrected chi connectivity index (χ0v) is 13.2. The molecule has 5 nitrogen and oxygen atoms in total. The molecule has 0 radical (unpaired) electrons. The second kappa shape index (κ2) is 4.47. The molecule has 24 heavy (non-hydrogen) atoms. The standard InChI is InChI=1S/C18H17FN2O3/c1-17-10-11-8-13(21(22)23)5-7-16(11)24-18(17,2)20(3)15-6-4-12(19)9-14(15)17/h4-9H,10H2,1-3H3/i2D3. The first-order chi connectivity index (χ1) is 12.5. The van der Waals surface area contributed by atoms with Crippen LogP contribution in [0.4, 0.5) is 15.8 Å². The Hall–Kier alpha value is -2.63. The average Bonchev–Trinajstić information content (AvgIpc) is 2.77. The quantitative estimate of drug-likeness (QED) is 0.589. The SMILES string of the molecule is [2H]C([2H])([2H])C12Oc3ccc([N+](=O)[O-])cc3CC1(C)c1cc(F)ccc1N2C. The van der Waals surface area contributed by atoms with Gasteiger partial charge >= 0.3 is 0 Å². The van der Waals surface area contributed by atoms with Crippen molar-refractivity contribution in [2.45, 2.75) is 31.3 Å². The number of nitro groups is 1. The number of fused-ring (bicyclic) bond motifs is 4. The van der Waals surface area contributed by atoms with Crippen molar-refractivity contribution in [3.05, 3.63) is 63.5 Å². The van der Waals surface area contributed by atoms with E-state index in [1.165, 1.54) is 36.4 Å². The summed E-state index contributed by atoms with van der Waals surface area (Å²) in [6, 6.07) is 8.25. The van der Waals surface area contributed by atoms with E-state index < -0.39 is 28.7 Å². The summed E-state index contributed by atoms with van der Waals surface area (Å²) in [5.41, 5.74) is -1.38. The number of benzene rings is 2. The molecule has 2 aliphatic rings. The molecule has 0 amide bonds. The maximum Gasteiger partial charge on any atom is 0.269 e. The van der Waals surface area contributed by atoms with Crippen LogP contribution in [0.15, 0.2) is 36.4 Å². The average molecular weight is 331 g/mol. The van der Waals surface area contributed by atoms with Crippen molar-refractivity contribution in [2.24, 2.45) is 0 Å². The highest BCUT2D eigenvalue weighted by Gasteiger charge is 2.60. The summed E-state index contributed by atoms with van der Waals surface area (Å²) < 4.78 is 44.9. The Balaban J connectivity index is 2.00. The molecule has 2 atom stereocenters. The Morgan fingerprint density at radius 1 is 1.38 bits per heavy atom. The van der Waals surface area contributed by atoms with Crippen molar-refractivity contribution in [2.75, 3.05) is 11.9 Å². The number of nitro benzene ring substituents is 1. The maximum absolute atomic E-state index is 14.0. The van der Waals surface area contributed by atoms with Crippen molar-refractivity contribution >= 4 is 11.4 Å². The van der Waals surface area contributed by atoms with Crippen LogP contribution in [0, 0.1) is 15.9 Å². The second-order valence-electron chi connectivity index (χ2n) is 6.52. The molecule has 0 fully saturated rings. The van der Waals surface area contributed by atoms with Gasteiger partial charge in [0.1, 0.15) is 11.6 Å². The molecule has 0 N–H and O–H groups in total. The number of ether oxygens (including phenoxy) is 1. The molecule has 2 aromatic carbocycles. The van der Waals surface area contributed by atoms with Crippen LogP contribution in [0.3, 0.4) is 0 Å². The molecule has 124 valence electrons. The topological polar surface area (TPSA) is 55.6 Å². The number of likely N-dealkylation sites (N-methyl/N-ethyl adjacent to an activating group) is 1. The van der Waals surface area contributed by atoms with Crippen LogP contribution in [0.2, 0.25) is 0 Å². The van der Waals surface area contributed by atoms with Gasteiger partial charge in [-0.15, -0.1) is 0 Å². The van der Waals surface area contributed by atoms with Gasteiger partial charge in [0.25, 0.3) is 5.69 Å². The van der Waals surface area contributed by atoms with Crippen molar-refractivity contribution in [3.63, 3.8) is 0 Å². The maximum atomic E-state index is 14.0. The van der Waals surface area contributed by atoms with Crippen molar-refractivity contribution in [1.82, 2.24) is 0 Å². The Kier molecular flexibility index (Phi) is 2.20. The first-order valence-electron chi connectivity index (χ1n) is 9.01. The molecule has 4 rings (SSSR count). The highest BCUT2D eigenvalue weighted by atomic mass is 19.1. The van der Waals surface area contributed by atoms with Gasteiger partial charge < -0.3 is 9.64 Å². The zero-order valence-electron chi connectivity index (χ0n) is 16.2. The minimum atomic E-state index is -2.56. The van der Waals surface area contributed by atoms with E-state index in [9.17, 15) is 14.5 Å². The van der Waals surface area contributed by atoms with Gasteiger partial charge in [0, 0.05) is 34.5 Å². The number of hydrogen-bond acceptors (Lipinski definition) is 4. The second-order valence-corrected chi connectivity index (χ2v) is 6.52.